The average molecular weight is 306 g/mol. The van der Waals surface area contributed by atoms with Crippen LogP contribution in [0.1, 0.15) is 5.56 Å². The fraction of sp³-hybridized carbons (Fsp3) is 0.0833. The summed E-state index contributed by atoms with van der Waals surface area (Å²) in [7, 11) is 0. The molecule has 0 spiro atoms. The Balaban J connectivity index is 2.30. The molecule has 0 atom stereocenters. The molecule has 19 heavy (non-hydrogen) atoms. The number of aromatic nitrogens is 1. The smallest absolute Gasteiger partial charge is 0.416 e. The van der Waals surface area contributed by atoms with Gasteiger partial charge in [0.25, 0.3) is 0 Å². The van der Waals surface area contributed by atoms with E-state index >= 15 is 0 Å². The van der Waals surface area contributed by atoms with Crippen molar-refractivity contribution >= 4 is 23.4 Å². The van der Waals surface area contributed by atoms with Gasteiger partial charge in [0.2, 0.25) is 0 Å². The number of rotatable bonds is 2. The van der Waals surface area contributed by atoms with Crippen LogP contribution in [0.2, 0.25) is 5.15 Å². The molecule has 1 heterocycles. The third-order valence-electron chi connectivity index (χ3n) is 2.16. The Kier molecular flexibility index (Phi) is 3.91. The third-order valence-corrected chi connectivity index (χ3v) is 3.28. The number of alkyl halides is 3. The van der Waals surface area contributed by atoms with Gasteiger partial charge < -0.3 is 5.11 Å². The second-order valence-electron chi connectivity index (χ2n) is 3.61. The van der Waals surface area contributed by atoms with E-state index in [4.69, 9.17) is 16.7 Å². The van der Waals surface area contributed by atoms with Crippen molar-refractivity contribution in [3.05, 3.63) is 47.1 Å². The molecule has 1 aromatic carbocycles. The summed E-state index contributed by atoms with van der Waals surface area (Å²) in [5.41, 5.74) is -0.839. The lowest BCUT2D eigenvalue weighted by atomic mass is 10.3. The van der Waals surface area contributed by atoms with Gasteiger partial charge >= 0.3 is 6.18 Å². The Labute approximate surface area is 116 Å². The standard InChI is InChI=1S/C12H7ClF3NOS/c13-10-5-7(12(14,15)16)6-11(17-10)19-9-3-1-8(18)2-4-9/h1-6,18H. The number of aromatic hydroxyl groups is 1. The molecule has 2 rings (SSSR count). The maximum atomic E-state index is 12.6. The molecule has 0 aliphatic carbocycles. The van der Waals surface area contributed by atoms with Gasteiger partial charge in [-0.05, 0) is 36.4 Å². The van der Waals surface area contributed by atoms with Crippen molar-refractivity contribution < 1.29 is 18.3 Å². The van der Waals surface area contributed by atoms with Crippen LogP contribution < -0.4 is 0 Å². The monoisotopic (exact) mass is 305 g/mol. The Morgan fingerprint density at radius 3 is 2.32 bits per heavy atom. The second kappa shape index (κ2) is 5.30. The first-order chi connectivity index (χ1) is 8.84. The summed E-state index contributed by atoms with van der Waals surface area (Å²) in [6.07, 6.45) is -4.46. The minimum atomic E-state index is -4.46. The minimum Gasteiger partial charge on any atom is -0.508 e. The first-order valence-corrected chi connectivity index (χ1v) is 6.26. The molecule has 0 radical (unpaired) electrons. The van der Waals surface area contributed by atoms with Crippen molar-refractivity contribution in [1.29, 1.82) is 0 Å². The zero-order valence-corrected chi connectivity index (χ0v) is 10.9. The van der Waals surface area contributed by atoms with Crippen LogP contribution in [0, 0.1) is 0 Å². The van der Waals surface area contributed by atoms with Crippen LogP contribution in [-0.4, -0.2) is 10.1 Å². The predicted octanol–water partition coefficient (Wildman–Crippen LogP) is 4.61. The van der Waals surface area contributed by atoms with E-state index in [9.17, 15) is 13.2 Å². The first kappa shape index (κ1) is 14.0. The van der Waals surface area contributed by atoms with E-state index in [1.165, 1.54) is 12.1 Å². The molecular formula is C12H7ClF3NOS. The van der Waals surface area contributed by atoms with Gasteiger partial charge in [-0.3, -0.25) is 0 Å². The molecule has 1 N–H and O–H groups in total. The van der Waals surface area contributed by atoms with Crippen LogP contribution in [0.25, 0.3) is 0 Å². The number of benzene rings is 1. The molecule has 0 aliphatic heterocycles. The zero-order chi connectivity index (χ0) is 14.0. The molecule has 2 nitrogen and oxygen atoms in total. The summed E-state index contributed by atoms with van der Waals surface area (Å²) in [5.74, 6) is 0.0828. The molecular weight excluding hydrogens is 299 g/mol. The number of phenolic OH excluding ortho intramolecular Hbond substituents is 1. The molecule has 0 amide bonds. The number of halogens is 4. The van der Waals surface area contributed by atoms with Gasteiger partial charge in [0.05, 0.1) is 5.56 Å². The normalized spacial score (nSPS) is 11.6. The Hall–Kier alpha value is -1.40. The summed E-state index contributed by atoms with van der Waals surface area (Å²) < 4.78 is 37.8. The van der Waals surface area contributed by atoms with E-state index in [0.29, 0.717) is 4.90 Å². The van der Waals surface area contributed by atoms with Crippen molar-refractivity contribution in [1.82, 2.24) is 4.98 Å². The van der Waals surface area contributed by atoms with Gasteiger partial charge in [-0.25, -0.2) is 4.98 Å². The summed E-state index contributed by atoms with van der Waals surface area (Å²) in [4.78, 5) is 4.48. The van der Waals surface area contributed by atoms with E-state index in [1.807, 2.05) is 0 Å². The quantitative estimate of drug-likeness (QED) is 0.822. The summed E-state index contributed by atoms with van der Waals surface area (Å²) in [6, 6.07) is 7.76. The van der Waals surface area contributed by atoms with Gasteiger partial charge in [0, 0.05) is 4.90 Å². The molecule has 0 saturated carbocycles. The number of hydrogen-bond acceptors (Lipinski definition) is 3. The second-order valence-corrected chi connectivity index (χ2v) is 5.09. The van der Waals surface area contributed by atoms with Crippen molar-refractivity contribution in [3.8, 4) is 5.75 Å². The zero-order valence-electron chi connectivity index (χ0n) is 9.28. The molecule has 0 fully saturated rings. The fourth-order valence-electron chi connectivity index (χ4n) is 1.32. The van der Waals surface area contributed by atoms with Crippen LogP contribution >= 0.6 is 23.4 Å². The van der Waals surface area contributed by atoms with E-state index in [0.717, 1.165) is 23.9 Å². The fourth-order valence-corrected chi connectivity index (χ4v) is 2.43. The van der Waals surface area contributed by atoms with Crippen LogP contribution in [-0.2, 0) is 6.18 Å². The Bertz CT molecular complexity index is 587. The lowest BCUT2D eigenvalue weighted by molar-refractivity contribution is -0.137. The van der Waals surface area contributed by atoms with Crippen LogP contribution in [0.15, 0.2) is 46.3 Å². The molecule has 0 aliphatic rings. The highest BCUT2D eigenvalue weighted by Crippen LogP contribution is 2.35. The maximum absolute atomic E-state index is 12.6. The summed E-state index contributed by atoms with van der Waals surface area (Å²) >= 11 is 6.62. The SMILES string of the molecule is Oc1ccc(Sc2cc(C(F)(F)F)cc(Cl)n2)cc1. The molecule has 2 aromatic rings. The molecule has 0 bridgehead atoms. The predicted molar refractivity (Wildman–Crippen MR) is 66.5 cm³/mol. The van der Waals surface area contributed by atoms with Gasteiger partial charge in [-0.1, -0.05) is 23.4 Å². The maximum Gasteiger partial charge on any atom is 0.416 e. The molecule has 7 heteroatoms. The number of nitrogens with zero attached hydrogens (tertiary/aromatic N) is 1. The average Bonchev–Trinajstić information content (AvgIpc) is 2.30. The molecule has 1 aromatic heterocycles. The lowest BCUT2D eigenvalue weighted by Gasteiger charge is -2.09. The molecule has 0 unspecified atom stereocenters. The van der Waals surface area contributed by atoms with Gasteiger partial charge in [-0.2, -0.15) is 13.2 Å². The van der Waals surface area contributed by atoms with E-state index in [-0.39, 0.29) is 15.9 Å². The number of pyridine rings is 1. The van der Waals surface area contributed by atoms with Crippen molar-refractivity contribution in [2.24, 2.45) is 0 Å². The first-order valence-electron chi connectivity index (χ1n) is 5.06. The lowest BCUT2D eigenvalue weighted by Crippen LogP contribution is -2.05. The van der Waals surface area contributed by atoms with Crippen molar-refractivity contribution in [2.45, 2.75) is 16.1 Å². The van der Waals surface area contributed by atoms with Gasteiger partial charge in [-0.15, -0.1) is 0 Å². The highest BCUT2D eigenvalue weighted by molar-refractivity contribution is 7.99. The molecule has 100 valence electrons. The Morgan fingerprint density at radius 2 is 1.74 bits per heavy atom. The van der Waals surface area contributed by atoms with Gasteiger partial charge in [0.1, 0.15) is 15.9 Å². The highest BCUT2D eigenvalue weighted by atomic mass is 35.5. The van der Waals surface area contributed by atoms with Crippen LogP contribution in [0.3, 0.4) is 0 Å². The third kappa shape index (κ3) is 3.78. The number of phenols is 1. The van der Waals surface area contributed by atoms with E-state index < -0.39 is 11.7 Å². The minimum absolute atomic E-state index is 0.0828. The Morgan fingerprint density at radius 1 is 1.11 bits per heavy atom. The van der Waals surface area contributed by atoms with E-state index in [1.54, 1.807) is 12.1 Å². The van der Waals surface area contributed by atoms with Crippen molar-refractivity contribution in [3.63, 3.8) is 0 Å². The molecule has 0 saturated heterocycles. The highest BCUT2D eigenvalue weighted by Gasteiger charge is 2.31. The topological polar surface area (TPSA) is 33.1 Å². The van der Waals surface area contributed by atoms with Crippen molar-refractivity contribution in [2.75, 3.05) is 0 Å². The van der Waals surface area contributed by atoms with Crippen LogP contribution in [0.4, 0.5) is 13.2 Å². The van der Waals surface area contributed by atoms with Crippen LogP contribution in [0.5, 0.6) is 5.75 Å². The summed E-state index contributed by atoms with van der Waals surface area (Å²) in [6.45, 7) is 0. The van der Waals surface area contributed by atoms with Gasteiger partial charge in [0.15, 0.2) is 0 Å². The van der Waals surface area contributed by atoms with E-state index in [2.05, 4.69) is 4.98 Å². The summed E-state index contributed by atoms with van der Waals surface area (Å²) in [5, 5.41) is 9.05. The number of hydrogen-bond donors (Lipinski definition) is 1. The largest absolute Gasteiger partial charge is 0.508 e.